The lowest BCUT2D eigenvalue weighted by atomic mass is 10.1. The van der Waals surface area contributed by atoms with E-state index in [0.717, 1.165) is 16.5 Å². The highest BCUT2D eigenvalue weighted by molar-refractivity contribution is 9.10. The monoisotopic (exact) mass is 433 g/mol. The Kier molecular flexibility index (Phi) is 5.38. The summed E-state index contributed by atoms with van der Waals surface area (Å²) in [5.41, 5.74) is 2.60. The molecular weight excluding hydrogens is 418 g/mol. The number of carboxylic acid groups (broad SMARTS) is 2. The smallest absolute Gasteiger partial charge is 0.352 e. The zero-order valence-electron chi connectivity index (χ0n) is 13.6. The minimum atomic E-state index is -1.04. The molecule has 1 aromatic heterocycles. The summed E-state index contributed by atoms with van der Waals surface area (Å²) in [4.78, 5) is 23.3. The number of para-hydroxylation sites is 1. The van der Waals surface area contributed by atoms with E-state index in [0.29, 0.717) is 22.2 Å². The van der Waals surface area contributed by atoms with Crippen LogP contribution >= 0.6 is 28.6 Å². The van der Waals surface area contributed by atoms with Crippen molar-refractivity contribution in [2.24, 2.45) is 0 Å². The molecule has 3 aromatic rings. The summed E-state index contributed by atoms with van der Waals surface area (Å²) >= 11 is 7.61. The van der Waals surface area contributed by atoms with Crippen molar-refractivity contribution in [3.05, 3.63) is 69.3 Å². The van der Waals surface area contributed by atoms with E-state index in [1.54, 1.807) is 16.7 Å². The van der Waals surface area contributed by atoms with Gasteiger partial charge in [0.2, 0.25) is 0 Å². The van der Waals surface area contributed by atoms with Crippen LogP contribution in [0.1, 0.15) is 32.0 Å². The molecule has 0 atom stereocenters. The second-order valence-corrected chi connectivity index (χ2v) is 7.03. The standard InChI is InChI=1S/C19H16BrNO4S/c20-16-11(4-3-6-14(16)18(22)23)10-21-15-7-2-1-5-12(15)13(8-9-26)17(21)19(24)25/h1-7,26H,8-10H2,(H,22,23)(H,24,25). The lowest BCUT2D eigenvalue weighted by Crippen LogP contribution is -2.12. The van der Waals surface area contributed by atoms with Crippen LogP contribution in [0.25, 0.3) is 10.9 Å². The van der Waals surface area contributed by atoms with Gasteiger partial charge in [-0.05, 0) is 51.4 Å². The van der Waals surface area contributed by atoms with Crippen LogP contribution in [0.2, 0.25) is 0 Å². The molecule has 0 aliphatic heterocycles. The molecule has 0 unspecified atom stereocenters. The van der Waals surface area contributed by atoms with Crippen LogP contribution in [-0.4, -0.2) is 32.5 Å². The number of carbonyl (C=O) groups is 2. The van der Waals surface area contributed by atoms with Gasteiger partial charge >= 0.3 is 11.9 Å². The van der Waals surface area contributed by atoms with Crippen LogP contribution in [0, 0.1) is 0 Å². The second kappa shape index (κ2) is 7.55. The largest absolute Gasteiger partial charge is 0.478 e. The highest BCUT2D eigenvalue weighted by Crippen LogP contribution is 2.30. The molecule has 0 saturated heterocycles. The first-order valence-electron chi connectivity index (χ1n) is 7.90. The number of aryl methyl sites for hydroxylation is 1. The normalized spacial score (nSPS) is 11.0. The average molecular weight is 434 g/mol. The van der Waals surface area contributed by atoms with Crippen molar-refractivity contribution >= 4 is 51.4 Å². The summed E-state index contributed by atoms with van der Waals surface area (Å²) in [6.07, 6.45) is 0.536. The number of hydrogen-bond donors (Lipinski definition) is 3. The fourth-order valence-electron chi connectivity index (χ4n) is 3.19. The minimum Gasteiger partial charge on any atom is -0.478 e. The topological polar surface area (TPSA) is 79.5 Å². The maximum atomic E-state index is 12.0. The molecule has 1 heterocycles. The van der Waals surface area contributed by atoms with E-state index >= 15 is 0 Å². The highest BCUT2D eigenvalue weighted by Gasteiger charge is 2.22. The van der Waals surface area contributed by atoms with Gasteiger partial charge in [-0.25, -0.2) is 9.59 Å². The molecule has 2 N–H and O–H groups in total. The Morgan fingerprint density at radius 1 is 1.04 bits per heavy atom. The summed E-state index contributed by atoms with van der Waals surface area (Å²) in [6, 6.07) is 12.5. The molecule has 3 rings (SSSR count). The maximum Gasteiger partial charge on any atom is 0.352 e. The van der Waals surface area contributed by atoms with Crippen LogP contribution in [0.4, 0.5) is 0 Å². The van der Waals surface area contributed by atoms with Crippen molar-refractivity contribution in [1.29, 1.82) is 0 Å². The van der Waals surface area contributed by atoms with E-state index in [-0.39, 0.29) is 17.8 Å². The predicted octanol–water partition coefficient (Wildman–Crippen LogP) is 4.32. The zero-order chi connectivity index (χ0) is 18.8. The van der Waals surface area contributed by atoms with Crippen molar-refractivity contribution in [2.45, 2.75) is 13.0 Å². The Morgan fingerprint density at radius 2 is 1.77 bits per heavy atom. The fraction of sp³-hybridized carbons (Fsp3) is 0.158. The van der Waals surface area contributed by atoms with Gasteiger partial charge in [0.05, 0.1) is 5.56 Å². The van der Waals surface area contributed by atoms with Crippen LogP contribution in [0.15, 0.2) is 46.9 Å². The lowest BCUT2D eigenvalue weighted by Gasteiger charge is -2.12. The van der Waals surface area contributed by atoms with Gasteiger partial charge in [0.1, 0.15) is 5.69 Å². The first-order chi connectivity index (χ1) is 12.5. The van der Waals surface area contributed by atoms with Crippen LogP contribution < -0.4 is 0 Å². The minimum absolute atomic E-state index is 0.145. The predicted molar refractivity (Wildman–Crippen MR) is 107 cm³/mol. The van der Waals surface area contributed by atoms with Gasteiger partial charge in [-0.3, -0.25) is 0 Å². The molecule has 0 radical (unpaired) electrons. The summed E-state index contributed by atoms with van der Waals surface area (Å²) in [5.74, 6) is -1.51. The number of hydrogen-bond acceptors (Lipinski definition) is 3. The van der Waals surface area contributed by atoms with Gasteiger partial charge in [0.25, 0.3) is 0 Å². The Morgan fingerprint density at radius 3 is 2.42 bits per heavy atom. The summed E-state index contributed by atoms with van der Waals surface area (Å²) in [7, 11) is 0. The van der Waals surface area contributed by atoms with Gasteiger partial charge in [0, 0.05) is 21.9 Å². The van der Waals surface area contributed by atoms with Crippen molar-refractivity contribution in [1.82, 2.24) is 4.57 Å². The first-order valence-corrected chi connectivity index (χ1v) is 9.33. The van der Waals surface area contributed by atoms with E-state index in [2.05, 4.69) is 28.6 Å². The molecule has 134 valence electrons. The summed E-state index contributed by atoms with van der Waals surface area (Å²) in [6.45, 7) is 0.246. The number of aromatic carboxylic acids is 2. The van der Waals surface area contributed by atoms with Gasteiger partial charge in [-0.15, -0.1) is 0 Å². The van der Waals surface area contributed by atoms with Crippen molar-refractivity contribution in [3.8, 4) is 0 Å². The molecule has 0 fully saturated rings. The highest BCUT2D eigenvalue weighted by atomic mass is 79.9. The van der Waals surface area contributed by atoms with Crippen LogP contribution in [0.3, 0.4) is 0 Å². The number of carboxylic acids is 2. The average Bonchev–Trinajstić information content (AvgIpc) is 2.91. The number of halogens is 1. The SMILES string of the molecule is O=C(O)c1cccc(Cn2c(C(=O)O)c(CCS)c3ccccc32)c1Br. The lowest BCUT2D eigenvalue weighted by molar-refractivity contribution is 0.0677. The molecule has 5 nitrogen and oxygen atoms in total. The summed E-state index contributed by atoms with van der Waals surface area (Å²) < 4.78 is 2.18. The van der Waals surface area contributed by atoms with Gasteiger partial charge in [-0.2, -0.15) is 12.6 Å². The molecule has 0 aliphatic rings. The molecule has 0 spiro atoms. The first kappa shape index (κ1) is 18.5. The van der Waals surface area contributed by atoms with E-state index in [4.69, 9.17) is 0 Å². The number of nitrogens with zero attached hydrogens (tertiary/aromatic N) is 1. The number of benzene rings is 2. The molecule has 26 heavy (non-hydrogen) atoms. The van der Waals surface area contributed by atoms with Gasteiger partial charge in [0.15, 0.2) is 0 Å². The van der Waals surface area contributed by atoms with Crippen LogP contribution in [-0.2, 0) is 13.0 Å². The molecular formula is C19H16BrNO4S. The third-order valence-corrected chi connectivity index (χ3v) is 5.44. The van der Waals surface area contributed by atoms with Gasteiger partial charge in [-0.1, -0.05) is 30.3 Å². The van der Waals surface area contributed by atoms with Crippen molar-refractivity contribution in [3.63, 3.8) is 0 Å². The van der Waals surface area contributed by atoms with Crippen molar-refractivity contribution in [2.75, 3.05) is 5.75 Å². The number of thiol groups is 1. The van der Waals surface area contributed by atoms with E-state index < -0.39 is 11.9 Å². The number of aromatic nitrogens is 1. The zero-order valence-corrected chi connectivity index (χ0v) is 16.1. The van der Waals surface area contributed by atoms with E-state index in [9.17, 15) is 19.8 Å². The van der Waals surface area contributed by atoms with Gasteiger partial charge < -0.3 is 14.8 Å². The maximum absolute atomic E-state index is 12.0. The third-order valence-electron chi connectivity index (χ3n) is 4.28. The van der Waals surface area contributed by atoms with E-state index in [1.807, 2.05) is 24.3 Å². The Hall–Kier alpha value is -2.25. The quantitative estimate of drug-likeness (QED) is 0.505. The molecule has 0 saturated carbocycles. The second-order valence-electron chi connectivity index (χ2n) is 5.79. The van der Waals surface area contributed by atoms with E-state index in [1.165, 1.54) is 6.07 Å². The Balaban J connectivity index is 2.23. The molecule has 0 aliphatic carbocycles. The Labute approximate surface area is 163 Å². The molecule has 7 heteroatoms. The Bertz CT molecular complexity index is 1010. The van der Waals surface area contributed by atoms with Crippen LogP contribution in [0.5, 0.6) is 0 Å². The number of fused-ring (bicyclic) bond motifs is 1. The third kappa shape index (κ3) is 3.24. The molecule has 0 bridgehead atoms. The van der Waals surface area contributed by atoms with Crippen molar-refractivity contribution < 1.29 is 19.8 Å². The summed E-state index contributed by atoms with van der Waals surface area (Å²) in [5, 5.41) is 20.0. The molecule has 2 aromatic carbocycles. The molecule has 0 amide bonds. The number of rotatable bonds is 6. The fourth-order valence-corrected chi connectivity index (χ4v) is 3.97.